The summed E-state index contributed by atoms with van der Waals surface area (Å²) in [5.74, 6) is -2.15. The average Bonchev–Trinajstić information content (AvgIpc) is 1.61. The molecule has 1 atom stereocenters. The molecule has 0 aromatic rings. The Morgan fingerprint density at radius 3 is 1.33 bits per heavy atom. The van der Waals surface area contributed by atoms with E-state index in [-0.39, 0.29) is 22.7 Å². The van der Waals surface area contributed by atoms with E-state index in [9.17, 15) is 9.59 Å². The zero-order chi connectivity index (χ0) is 6.57. The minimum Gasteiger partial charge on any atom is -0.481 e. The van der Waals surface area contributed by atoms with Crippen LogP contribution in [0.2, 0.25) is 0 Å². The average molecular weight is 152 g/mol. The van der Waals surface area contributed by atoms with Gasteiger partial charge in [0.05, 0.1) is 12.8 Å². The van der Waals surface area contributed by atoms with Gasteiger partial charge in [0.1, 0.15) is 0 Å². The Bertz CT molecular complexity index is 97.1. The number of aliphatic carboxylic acids is 2. The van der Waals surface area contributed by atoms with Crippen molar-refractivity contribution in [3.05, 3.63) is 0 Å². The molecule has 0 fully saturated rings. The van der Waals surface area contributed by atoms with Gasteiger partial charge in [-0.15, -0.1) is 0 Å². The molecule has 0 aromatic carbocycles. The fraction of sp³-hybridized carbons (Fsp3) is 0.500. The molecule has 5 heteroatoms. The summed E-state index contributed by atoms with van der Waals surface area (Å²) in [6.45, 7) is 0. The monoisotopic (exact) mass is 152 g/mol. The molecule has 0 aliphatic heterocycles. The zero-order valence-electron chi connectivity index (χ0n) is 4.83. The summed E-state index contributed by atoms with van der Waals surface area (Å²) in [5, 5.41) is 15.8. The van der Waals surface area contributed by atoms with Gasteiger partial charge in [-0.3, -0.25) is 9.59 Å². The molecule has 54 valence electrons. The Morgan fingerprint density at radius 1 is 1.00 bits per heavy atom. The van der Waals surface area contributed by atoms with Gasteiger partial charge in [-0.1, -0.05) is 0 Å². The van der Waals surface area contributed by atoms with Crippen molar-refractivity contribution in [3.8, 4) is 0 Å². The highest BCUT2D eigenvalue weighted by molar-refractivity contribution is 6.92. The third kappa shape index (κ3) is 11.1. The molecule has 0 saturated carbocycles. The maximum Gasteiger partial charge on any atom is 0.303 e. The Morgan fingerprint density at radius 2 is 1.22 bits per heavy atom. The first-order valence-corrected chi connectivity index (χ1v) is 2.06. The van der Waals surface area contributed by atoms with Crippen LogP contribution in [0.15, 0.2) is 0 Å². The fourth-order valence-corrected chi connectivity index (χ4v) is 0.214. The standard InChI is InChI=1S/C4H6O4.H3P/c5-3(6)1-2-4(7)8;/h1-2H2,(H,5,6)(H,7,8);1H3. The SMILES string of the molecule is O=C(O)CCC(=O)O.P. The predicted molar refractivity (Wildman–Crippen MR) is 35.6 cm³/mol. The van der Waals surface area contributed by atoms with Gasteiger partial charge >= 0.3 is 11.9 Å². The van der Waals surface area contributed by atoms with Crippen LogP contribution in [0.1, 0.15) is 12.8 Å². The predicted octanol–water partition coefficient (Wildman–Crippen LogP) is -0.00610. The van der Waals surface area contributed by atoms with Crippen LogP contribution in [-0.2, 0) is 9.59 Å². The third-order valence-electron chi connectivity index (χ3n) is 0.553. The second kappa shape index (κ2) is 5.51. The highest BCUT2D eigenvalue weighted by Gasteiger charge is 2.00. The number of carbonyl (C=O) groups is 2. The number of carboxylic acid groups (broad SMARTS) is 2. The molecular weight excluding hydrogens is 143 g/mol. The Balaban J connectivity index is 0. The fourth-order valence-electron chi connectivity index (χ4n) is 0.214. The largest absolute Gasteiger partial charge is 0.481 e. The molecule has 0 aliphatic rings. The van der Waals surface area contributed by atoms with Crippen molar-refractivity contribution < 1.29 is 19.8 Å². The van der Waals surface area contributed by atoms with E-state index in [1.165, 1.54) is 0 Å². The lowest BCUT2D eigenvalue weighted by molar-refractivity contribution is -0.143. The van der Waals surface area contributed by atoms with Gasteiger partial charge < -0.3 is 10.2 Å². The molecule has 0 saturated heterocycles. The minimum absolute atomic E-state index is 0. The smallest absolute Gasteiger partial charge is 0.303 e. The highest BCUT2D eigenvalue weighted by Crippen LogP contribution is 1.85. The zero-order valence-corrected chi connectivity index (χ0v) is 6.25. The first kappa shape index (κ1) is 11.2. The summed E-state index contributed by atoms with van der Waals surface area (Å²) in [6, 6.07) is 0. The summed E-state index contributed by atoms with van der Waals surface area (Å²) in [7, 11) is 0. The van der Waals surface area contributed by atoms with Gasteiger partial charge in [0.2, 0.25) is 0 Å². The summed E-state index contributed by atoms with van der Waals surface area (Å²) in [4.78, 5) is 19.3. The number of hydrogen-bond donors (Lipinski definition) is 2. The number of carboxylic acids is 2. The second-order valence-corrected chi connectivity index (χ2v) is 1.29. The lowest BCUT2D eigenvalue weighted by Crippen LogP contribution is -2.00. The van der Waals surface area contributed by atoms with Crippen molar-refractivity contribution in [2.75, 3.05) is 0 Å². The molecule has 0 heterocycles. The molecular formula is C4H9O4P. The Kier molecular flexibility index (Phi) is 6.85. The van der Waals surface area contributed by atoms with Crippen molar-refractivity contribution in [1.29, 1.82) is 0 Å². The molecule has 0 rings (SSSR count). The molecule has 0 radical (unpaired) electrons. The molecule has 4 nitrogen and oxygen atoms in total. The van der Waals surface area contributed by atoms with E-state index >= 15 is 0 Å². The van der Waals surface area contributed by atoms with Gasteiger partial charge in [-0.25, -0.2) is 0 Å². The Hall–Kier alpha value is -0.630. The van der Waals surface area contributed by atoms with E-state index in [0.717, 1.165) is 0 Å². The van der Waals surface area contributed by atoms with Crippen LogP contribution >= 0.6 is 9.90 Å². The van der Waals surface area contributed by atoms with Gasteiger partial charge in [0.25, 0.3) is 0 Å². The molecule has 0 amide bonds. The molecule has 0 aromatic heterocycles. The van der Waals surface area contributed by atoms with Gasteiger partial charge in [-0.05, 0) is 0 Å². The summed E-state index contributed by atoms with van der Waals surface area (Å²) in [6.07, 6.45) is -0.593. The van der Waals surface area contributed by atoms with Gasteiger partial charge in [0.15, 0.2) is 0 Å². The highest BCUT2D eigenvalue weighted by atomic mass is 31.0. The van der Waals surface area contributed by atoms with Crippen LogP contribution in [0, 0.1) is 0 Å². The Labute approximate surface area is 55.5 Å². The van der Waals surface area contributed by atoms with E-state index in [2.05, 4.69) is 0 Å². The van der Waals surface area contributed by atoms with Crippen LogP contribution in [0.3, 0.4) is 0 Å². The van der Waals surface area contributed by atoms with Crippen molar-refractivity contribution in [2.24, 2.45) is 0 Å². The molecule has 9 heavy (non-hydrogen) atoms. The van der Waals surface area contributed by atoms with Crippen LogP contribution in [0.5, 0.6) is 0 Å². The van der Waals surface area contributed by atoms with E-state index in [1.807, 2.05) is 0 Å². The van der Waals surface area contributed by atoms with Crippen LogP contribution in [-0.4, -0.2) is 22.2 Å². The summed E-state index contributed by atoms with van der Waals surface area (Å²) < 4.78 is 0. The summed E-state index contributed by atoms with van der Waals surface area (Å²) >= 11 is 0. The van der Waals surface area contributed by atoms with Gasteiger partial charge in [-0.2, -0.15) is 9.90 Å². The van der Waals surface area contributed by atoms with Crippen molar-refractivity contribution in [2.45, 2.75) is 12.8 Å². The molecule has 1 unspecified atom stereocenters. The normalized spacial score (nSPS) is 7.56. The van der Waals surface area contributed by atoms with Gasteiger partial charge in [0, 0.05) is 0 Å². The lowest BCUT2D eigenvalue weighted by Gasteiger charge is -1.85. The van der Waals surface area contributed by atoms with E-state index in [1.54, 1.807) is 0 Å². The van der Waals surface area contributed by atoms with E-state index in [0.29, 0.717) is 0 Å². The van der Waals surface area contributed by atoms with Crippen molar-refractivity contribution in [1.82, 2.24) is 0 Å². The molecule has 2 N–H and O–H groups in total. The van der Waals surface area contributed by atoms with Crippen LogP contribution in [0.25, 0.3) is 0 Å². The maximum absolute atomic E-state index is 9.64. The molecule has 0 aliphatic carbocycles. The number of hydrogen-bond acceptors (Lipinski definition) is 2. The second-order valence-electron chi connectivity index (χ2n) is 1.29. The first-order valence-electron chi connectivity index (χ1n) is 2.06. The van der Waals surface area contributed by atoms with E-state index in [4.69, 9.17) is 10.2 Å². The van der Waals surface area contributed by atoms with Crippen LogP contribution in [0.4, 0.5) is 0 Å². The van der Waals surface area contributed by atoms with Crippen molar-refractivity contribution >= 4 is 21.8 Å². The van der Waals surface area contributed by atoms with E-state index < -0.39 is 11.9 Å². The minimum atomic E-state index is -1.08. The molecule has 0 spiro atoms. The summed E-state index contributed by atoms with van der Waals surface area (Å²) in [5.41, 5.74) is 0. The lowest BCUT2D eigenvalue weighted by atomic mass is 10.3. The van der Waals surface area contributed by atoms with Crippen LogP contribution < -0.4 is 0 Å². The maximum atomic E-state index is 9.64. The topological polar surface area (TPSA) is 74.6 Å². The first-order chi connectivity index (χ1) is 3.63. The molecule has 0 bridgehead atoms. The van der Waals surface area contributed by atoms with Crippen molar-refractivity contribution in [3.63, 3.8) is 0 Å². The quantitative estimate of drug-likeness (QED) is 0.558. The number of rotatable bonds is 3. The third-order valence-corrected chi connectivity index (χ3v) is 0.553.